The Balaban J connectivity index is 1.83. The molecule has 2 N–H and O–H groups in total. The van der Waals surface area contributed by atoms with Crippen LogP contribution >= 0.6 is 0 Å². The Morgan fingerprint density at radius 3 is 2.82 bits per heavy atom. The summed E-state index contributed by atoms with van der Waals surface area (Å²) in [6.07, 6.45) is 0. The zero-order valence-electron chi connectivity index (χ0n) is 12.2. The number of fused-ring (bicyclic) bond motifs is 1. The Bertz CT molecular complexity index is 739. The minimum atomic E-state index is 0.254. The molecule has 1 aliphatic rings. The smallest absolute Gasteiger partial charge is 0.231 e. The highest BCUT2D eigenvalue weighted by atomic mass is 16.7. The van der Waals surface area contributed by atoms with E-state index in [1.165, 1.54) is 0 Å². The monoisotopic (exact) mass is 296 g/mol. The summed E-state index contributed by atoms with van der Waals surface area (Å²) in [5, 5.41) is 8.92. The van der Waals surface area contributed by atoms with Crippen LogP contribution in [0.3, 0.4) is 0 Å². The maximum atomic E-state index is 8.92. The number of hydrogen-bond acceptors (Lipinski definition) is 6. The number of nitrogen functional groups attached to an aromatic ring is 1. The Morgan fingerprint density at radius 2 is 2.09 bits per heavy atom. The lowest BCUT2D eigenvalue weighted by molar-refractivity contribution is 0.174. The third-order valence-corrected chi connectivity index (χ3v) is 3.55. The van der Waals surface area contributed by atoms with Crippen LogP contribution in [0.25, 0.3) is 0 Å². The van der Waals surface area contributed by atoms with Gasteiger partial charge in [0.05, 0.1) is 5.56 Å². The number of nitrogens with two attached hydrogens (primary N) is 1. The van der Waals surface area contributed by atoms with E-state index in [0.717, 1.165) is 29.4 Å². The lowest BCUT2D eigenvalue weighted by atomic mass is 10.2. The van der Waals surface area contributed by atoms with Gasteiger partial charge in [0.1, 0.15) is 17.7 Å². The van der Waals surface area contributed by atoms with E-state index in [0.29, 0.717) is 12.1 Å². The number of aromatic nitrogens is 1. The second-order valence-corrected chi connectivity index (χ2v) is 4.92. The van der Waals surface area contributed by atoms with Gasteiger partial charge in [-0.3, -0.25) is 0 Å². The van der Waals surface area contributed by atoms with Crippen molar-refractivity contribution in [1.29, 1.82) is 5.26 Å². The standard InChI is InChI=1S/C16H16N4O2/c1-2-20(15-6-4-12(8-17)16(18)19-15)9-11-3-5-13-14(7-11)22-10-21-13/h3-7H,2,9-10H2,1H3,(H2,18,19). The van der Waals surface area contributed by atoms with Gasteiger partial charge in [-0.2, -0.15) is 5.26 Å². The van der Waals surface area contributed by atoms with Crippen molar-refractivity contribution in [2.24, 2.45) is 0 Å². The van der Waals surface area contributed by atoms with E-state index in [-0.39, 0.29) is 12.6 Å². The maximum Gasteiger partial charge on any atom is 0.231 e. The molecule has 0 spiro atoms. The molecule has 0 bridgehead atoms. The van der Waals surface area contributed by atoms with Gasteiger partial charge in [-0.1, -0.05) is 6.07 Å². The Labute approximate surface area is 128 Å². The lowest BCUT2D eigenvalue weighted by Gasteiger charge is -2.22. The SMILES string of the molecule is CCN(Cc1ccc2c(c1)OCO2)c1ccc(C#N)c(N)n1. The molecule has 0 unspecified atom stereocenters. The molecule has 6 nitrogen and oxygen atoms in total. The van der Waals surface area contributed by atoms with Crippen molar-refractivity contribution in [3.8, 4) is 17.6 Å². The van der Waals surface area contributed by atoms with Crippen LogP contribution in [-0.4, -0.2) is 18.3 Å². The van der Waals surface area contributed by atoms with Gasteiger partial charge in [-0.05, 0) is 36.8 Å². The fraction of sp³-hybridized carbons (Fsp3) is 0.250. The number of hydrogen-bond donors (Lipinski definition) is 1. The molecule has 2 heterocycles. The third kappa shape index (κ3) is 2.61. The molecule has 22 heavy (non-hydrogen) atoms. The summed E-state index contributed by atoms with van der Waals surface area (Å²) >= 11 is 0. The molecule has 0 saturated carbocycles. The van der Waals surface area contributed by atoms with Crippen molar-refractivity contribution in [3.05, 3.63) is 41.5 Å². The van der Waals surface area contributed by atoms with Crippen LogP contribution in [-0.2, 0) is 6.54 Å². The second kappa shape index (κ2) is 5.82. The molecule has 0 atom stereocenters. The zero-order chi connectivity index (χ0) is 15.5. The summed E-state index contributed by atoms with van der Waals surface area (Å²) in [4.78, 5) is 6.39. The highest BCUT2D eigenvalue weighted by molar-refractivity contribution is 5.55. The van der Waals surface area contributed by atoms with Crippen LogP contribution in [0.2, 0.25) is 0 Å². The molecule has 0 radical (unpaired) electrons. The van der Waals surface area contributed by atoms with Gasteiger partial charge in [0.25, 0.3) is 0 Å². The predicted octanol–water partition coefficient (Wildman–Crippen LogP) is 2.29. The van der Waals surface area contributed by atoms with Gasteiger partial charge in [-0.15, -0.1) is 0 Å². The number of benzene rings is 1. The van der Waals surface area contributed by atoms with Gasteiger partial charge in [0.15, 0.2) is 11.5 Å². The van der Waals surface area contributed by atoms with Crippen molar-refractivity contribution < 1.29 is 9.47 Å². The molecule has 3 rings (SSSR count). The predicted molar refractivity (Wildman–Crippen MR) is 82.7 cm³/mol. The molecule has 1 aromatic carbocycles. The second-order valence-electron chi connectivity index (χ2n) is 4.92. The maximum absolute atomic E-state index is 8.92. The third-order valence-electron chi connectivity index (χ3n) is 3.55. The minimum absolute atomic E-state index is 0.254. The van der Waals surface area contributed by atoms with Crippen LogP contribution in [0.4, 0.5) is 11.6 Å². The number of pyridine rings is 1. The van der Waals surface area contributed by atoms with Gasteiger partial charge in [0, 0.05) is 13.1 Å². The quantitative estimate of drug-likeness (QED) is 0.931. The minimum Gasteiger partial charge on any atom is -0.454 e. The molecular weight excluding hydrogens is 280 g/mol. The molecule has 2 aromatic rings. The zero-order valence-corrected chi connectivity index (χ0v) is 12.2. The van der Waals surface area contributed by atoms with Gasteiger partial charge in [0.2, 0.25) is 6.79 Å². The van der Waals surface area contributed by atoms with Gasteiger partial charge < -0.3 is 20.1 Å². The summed E-state index contributed by atoms with van der Waals surface area (Å²) < 4.78 is 10.7. The number of ether oxygens (including phenoxy) is 2. The molecule has 0 aliphatic carbocycles. The average Bonchev–Trinajstić information content (AvgIpc) is 3.00. The first-order valence-electron chi connectivity index (χ1n) is 7.01. The number of rotatable bonds is 4. The van der Waals surface area contributed by atoms with Crippen LogP contribution in [0.1, 0.15) is 18.1 Å². The number of nitriles is 1. The summed E-state index contributed by atoms with van der Waals surface area (Å²) in [5.74, 6) is 2.54. The van der Waals surface area contributed by atoms with E-state index in [9.17, 15) is 0 Å². The molecule has 0 amide bonds. The van der Waals surface area contributed by atoms with Crippen LogP contribution in [0, 0.1) is 11.3 Å². The van der Waals surface area contributed by atoms with Crippen LogP contribution in [0.15, 0.2) is 30.3 Å². The van der Waals surface area contributed by atoms with E-state index >= 15 is 0 Å². The highest BCUT2D eigenvalue weighted by Gasteiger charge is 2.15. The highest BCUT2D eigenvalue weighted by Crippen LogP contribution is 2.33. The molecule has 0 fully saturated rings. The van der Waals surface area contributed by atoms with Gasteiger partial charge in [-0.25, -0.2) is 4.98 Å². The van der Waals surface area contributed by atoms with Crippen molar-refractivity contribution in [2.45, 2.75) is 13.5 Å². The number of nitrogens with zero attached hydrogens (tertiary/aromatic N) is 3. The fourth-order valence-electron chi connectivity index (χ4n) is 2.35. The van der Waals surface area contributed by atoms with E-state index in [1.807, 2.05) is 37.3 Å². The molecule has 0 saturated heterocycles. The Hall–Kier alpha value is -2.94. The van der Waals surface area contributed by atoms with Crippen molar-refractivity contribution >= 4 is 11.6 Å². The van der Waals surface area contributed by atoms with Crippen LogP contribution < -0.4 is 20.1 Å². The summed E-state index contributed by atoms with van der Waals surface area (Å²) in [5.41, 5.74) is 7.28. The largest absolute Gasteiger partial charge is 0.454 e. The lowest BCUT2D eigenvalue weighted by Crippen LogP contribution is -2.23. The average molecular weight is 296 g/mol. The number of anilines is 2. The first-order valence-corrected chi connectivity index (χ1v) is 7.01. The van der Waals surface area contributed by atoms with E-state index in [1.54, 1.807) is 6.07 Å². The Morgan fingerprint density at radius 1 is 1.27 bits per heavy atom. The van der Waals surface area contributed by atoms with Crippen molar-refractivity contribution in [3.63, 3.8) is 0 Å². The fourth-order valence-corrected chi connectivity index (χ4v) is 2.35. The molecular formula is C16H16N4O2. The summed E-state index contributed by atoms with van der Waals surface area (Å²) in [6, 6.07) is 11.4. The first-order chi connectivity index (χ1) is 10.7. The van der Waals surface area contributed by atoms with Crippen molar-refractivity contribution in [1.82, 2.24) is 4.98 Å². The normalized spacial score (nSPS) is 12.0. The van der Waals surface area contributed by atoms with Gasteiger partial charge >= 0.3 is 0 Å². The first kappa shape index (κ1) is 14.0. The van der Waals surface area contributed by atoms with Crippen LogP contribution in [0.5, 0.6) is 11.5 Å². The van der Waals surface area contributed by atoms with E-state index in [4.69, 9.17) is 20.5 Å². The Kier molecular flexibility index (Phi) is 3.71. The summed E-state index contributed by atoms with van der Waals surface area (Å²) in [6.45, 7) is 3.76. The topological polar surface area (TPSA) is 84.4 Å². The summed E-state index contributed by atoms with van der Waals surface area (Å²) in [7, 11) is 0. The molecule has 1 aromatic heterocycles. The van der Waals surface area contributed by atoms with Crippen molar-refractivity contribution in [2.75, 3.05) is 24.0 Å². The molecule has 1 aliphatic heterocycles. The van der Waals surface area contributed by atoms with E-state index in [2.05, 4.69) is 9.88 Å². The molecule has 112 valence electrons. The molecule has 6 heteroatoms. The van der Waals surface area contributed by atoms with E-state index < -0.39 is 0 Å².